The van der Waals surface area contributed by atoms with Gasteiger partial charge in [-0.05, 0) is 44.2 Å². The van der Waals surface area contributed by atoms with Crippen molar-refractivity contribution in [2.45, 2.75) is 20.4 Å². The minimum Gasteiger partial charge on any atom is -0.490 e. The van der Waals surface area contributed by atoms with Crippen LogP contribution in [0.25, 0.3) is 5.82 Å². The number of benzene rings is 1. The van der Waals surface area contributed by atoms with Gasteiger partial charge in [0.2, 0.25) is 0 Å². The van der Waals surface area contributed by atoms with Crippen LogP contribution in [-0.4, -0.2) is 33.9 Å². The second-order valence-corrected chi connectivity index (χ2v) is 5.65. The molecule has 0 aliphatic carbocycles. The van der Waals surface area contributed by atoms with Crippen molar-refractivity contribution < 1.29 is 14.3 Å². The van der Waals surface area contributed by atoms with Gasteiger partial charge in [0, 0.05) is 36.3 Å². The van der Waals surface area contributed by atoms with Gasteiger partial charge in [-0.15, -0.1) is 0 Å². The topological polar surface area (TPSA) is 78.3 Å². The van der Waals surface area contributed by atoms with Crippen LogP contribution in [0.2, 0.25) is 0 Å². The van der Waals surface area contributed by atoms with Crippen LogP contribution in [-0.2, 0) is 6.54 Å². The number of carbonyl (C=O) groups is 1. The fraction of sp³-hybridized carbons (Fsp3) is 0.250. The van der Waals surface area contributed by atoms with Gasteiger partial charge in [-0.25, -0.2) is 9.67 Å². The molecule has 0 atom stereocenters. The highest BCUT2D eigenvalue weighted by atomic mass is 16.5. The minimum atomic E-state index is -0.200. The molecular weight excluding hydrogens is 344 g/mol. The van der Waals surface area contributed by atoms with Crippen molar-refractivity contribution in [3.8, 4) is 17.3 Å². The predicted molar refractivity (Wildman–Crippen MR) is 101 cm³/mol. The fourth-order valence-corrected chi connectivity index (χ4v) is 2.64. The van der Waals surface area contributed by atoms with Crippen LogP contribution in [0, 0.1) is 0 Å². The van der Waals surface area contributed by atoms with Crippen LogP contribution in [0.15, 0.2) is 55.0 Å². The summed E-state index contributed by atoms with van der Waals surface area (Å²) in [6.45, 7) is 5.15. The lowest BCUT2D eigenvalue weighted by Gasteiger charge is -2.13. The lowest BCUT2D eigenvalue weighted by molar-refractivity contribution is 0.0950. The van der Waals surface area contributed by atoms with Crippen molar-refractivity contribution in [3.05, 3.63) is 66.1 Å². The van der Waals surface area contributed by atoms with E-state index in [1.165, 1.54) is 0 Å². The number of amides is 1. The average molecular weight is 366 g/mol. The molecule has 3 rings (SSSR count). The maximum absolute atomic E-state index is 12.6. The van der Waals surface area contributed by atoms with Crippen LogP contribution in [0.5, 0.6) is 11.5 Å². The summed E-state index contributed by atoms with van der Waals surface area (Å²) in [5.41, 5.74) is 1.37. The zero-order chi connectivity index (χ0) is 19.1. The van der Waals surface area contributed by atoms with Crippen molar-refractivity contribution >= 4 is 5.91 Å². The van der Waals surface area contributed by atoms with Gasteiger partial charge in [-0.1, -0.05) is 6.07 Å². The molecule has 0 radical (unpaired) electrons. The average Bonchev–Trinajstić information content (AvgIpc) is 3.22. The molecule has 140 valence electrons. The molecule has 0 unspecified atom stereocenters. The molecule has 0 saturated heterocycles. The minimum absolute atomic E-state index is 0.200. The van der Waals surface area contributed by atoms with Crippen LogP contribution in [0.4, 0.5) is 0 Å². The summed E-state index contributed by atoms with van der Waals surface area (Å²) in [7, 11) is 0. The molecule has 7 nitrogen and oxygen atoms in total. The highest BCUT2D eigenvalue weighted by Gasteiger charge is 2.13. The van der Waals surface area contributed by atoms with Crippen LogP contribution in [0.3, 0.4) is 0 Å². The third kappa shape index (κ3) is 4.44. The summed E-state index contributed by atoms with van der Waals surface area (Å²) in [6.07, 6.45) is 5.20. The summed E-state index contributed by atoms with van der Waals surface area (Å²) >= 11 is 0. The van der Waals surface area contributed by atoms with Gasteiger partial charge in [0.05, 0.1) is 13.2 Å². The normalized spacial score (nSPS) is 10.4. The van der Waals surface area contributed by atoms with E-state index in [1.54, 1.807) is 35.3 Å². The third-order valence-electron chi connectivity index (χ3n) is 3.83. The van der Waals surface area contributed by atoms with E-state index in [9.17, 15) is 4.79 Å². The second kappa shape index (κ2) is 8.84. The summed E-state index contributed by atoms with van der Waals surface area (Å²) in [5, 5.41) is 7.12. The molecule has 0 saturated carbocycles. The highest BCUT2D eigenvalue weighted by Crippen LogP contribution is 2.28. The van der Waals surface area contributed by atoms with Crippen molar-refractivity contribution in [2.24, 2.45) is 0 Å². The van der Waals surface area contributed by atoms with Gasteiger partial charge in [-0.3, -0.25) is 4.79 Å². The first kappa shape index (κ1) is 18.4. The fourth-order valence-electron chi connectivity index (χ4n) is 2.64. The van der Waals surface area contributed by atoms with Gasteiger partial charge < -0.3 is 14.8 Å². The largest absolute Gasteiger partial charge is 0.490 e. The van der Waals surface area contributed by atoms with Crippen LogP contribution >= 0.6 is 0 Å². The Hall–Kier alpha value is -3.35. The highest BCUT2D eigenvalue weighted by molar-refractivity contribution is 5.94. The molecule has 3 aromatic rings. The molecule has 2 aromatic heterocycles. The first-order valence-corrected chi connectivity index (χ1v) is 8.84. The lowest BCUT2D eigenvalue weighted by atomic mass is 10.1. The smallest absolute Gasteiger partial charge is 0.251 e. The van der Waals surface area contributed by atoms with Gasteiger partial charge in [0.1, 0.15) is 0 Å². The first-order valence-electron chi connectivity index (χ1n) is 8.84. The van der Waals surface area contributed by atoms with Crippen molar-refractivity contribution in [3.63, 3.8) is 0 Å². The summed E-state index contributed by atoms with van der Waals surface area (Å²) in [6, 6.07) is 10.7. The number of hydrogen-bond acceptors (Lipinski definition) is 5. The zero-order valence-electron chi connectivity index (χ0n) is 15.4. The Morgan fingerprint density at radius 1 is 1.07 bits per heavy atom. The molecule has 0 spiro atoms. The van der Waals surface area contributed by atoms with Crippen LogP contribution in [0.1, 0.15) is 29.8 Å². The molecule has 0 fully saturated rings. The SMILES string of the molecule is CCOc1ccc(C(=O)NCc2cccnc2-n2cccn2)cc1OCC. The summed E-state index contributed by atoms with van der Waals surface area (Å²) in [5.74, 6) is 1.67. The molecule has 1 N–H and O–H groups in total. The van der Waals surface area contributed by atoms with Gasteiger partial charge >= 0.3 is 0 Å². The Morgan fingerprint density at radius 2 is 1.89 bits per heavy atom. The van der Waals surface area contributed by atoms with Gasteiger partial charge in [0.25, 0.3) is 5.91 Å². The standard InChI is InChI=1S/C20H22N4O3/c1-3-26-17-9-8-15(13-18(17)27-4-2)20(25)22-14-16-7-5-10-21-19(16)24-12-6-11-23-24/h5-13H,3-4,14H2,1-2H3,(H,22,25). The van der Waals surface area contributed by atoms with Gasteiger partial charge in [-0.2, -0.15) is 5.10 Å². The second-order valence-electron chi connectivity index (χ2n) is 5.65. The monoisotopic (exact) mass is 366 g/mol. The van der Waals surface area contributed by atoms with E-state index in [2.05, 4.69) is 15.4 Å². The number of nitrogens with one attached hydrogen (secondary N) is 1. The molecule has 7 heteroatoms. The van der Waals surface area contributed by atoms with E-state index in [-0.39, 0.29) is 5.91 Å². The first-order chi connectivity index (χ1) is 13.2. The molecule has 0 aliphatic heterocycles. The molecule has 2 heterocycles. The molecule has 1 amide bonds. The summed E-state index contributed by atoms with van der Waals surface area (Å²) in [4.78, 5) is 16.9. The maximum atomic E-state index is 12.6. The van der Waals surface area contributed by atoms with E-state index in [1.807, 2.05) is 38.2 Å². The van der Waals surface area contributed by atoms with Crippen molar-refractivity contribution in [1.82, 2.24) is 20.1 Å². The number of aromatic nitrogens is 3. The Bertz CT molecular complexity index is 894. The van der Waals surface area contributed by atoms with Gasteiger partial charge in [0.15, 0.2) is 17.3 Å². The van der Waals surface area contributed by atoms with Crippen molar-refractivity contribution in [1.29, 1.82) is 0 Å². The quantitative estimate of drug-likeness (QED) is 0.663. The van der Waals surface area contributed by atoms with E-state index < -0.39 is 0 Å². The van der Waals surface area contributed by atoms with E-state index in [0.717, 1.165) is 5.56 Å². The molecular formula is C20H22N4O3. The molecule has 0 bridgehead atoms. The number of ether oxygens (including phenoxy) is 2. The number of nitrogens with zero attached hydrogens (tertiary/aromatic N) is 3. The maximum Gasteiger partial charge on any atom is 0.251 e. The Kier molecular flexibility index (Phi) is 6.04. The Balaban J connectivity index is 1.74. The van der Waals surface area contributed by atoms with E-state index >= 15 is 0 Å². The molecule has 0 aliphatic rings. The van der Waals surface area contributed by atoms with Crippen molar-refractivity contribution in [2.75, 3.05) is 13.2 Å². The number of pyridine rings is 1. The number of hydrogen-bond donors (Lipinski definition) is 1. The number of carbonyl (C=O) groups excluding carboxylic acids is 1. The third-order valence-corrected chi connectivity index (χ3v) is 3.83. The Labute approximate surface area is 158 Å². The predicted octanol–water partition coefficient (Wildman–Crippen LogP) is 2.99. The lowest BCUT2D eigenvalue weighted by Crippen LogP contribution is -2.24. The zero-order valence-corrected chi connectivity index (χ0v) is 15.4. The van der Waals surface area contributed by atoms with E-state index in [4.69, 9.17) is 9.47 Å². The Morgan fingerprint density at radius 3 is 2.63 bits per heavy atom. The molecule has 1 aromatic carbocycles. The number of rotatable bonds is 8. The van der Waals surface area contributed by atoms with E-state index in [0.29, 0.717) is 42.6 Å². The van der Waals surface area contributed by atoms with Crippen LogP contribution < -0.4 is 14.8 Å². The summed E-state index contributed by atoms with van der Waals surface area (Å²) < 4.78 is 12.8. The molecule has 27 heavy (non-hydrogen) atoms.